The first-order valence-electron chi connectivity index (χ1n) is 8.44. The summed E-state index contributed by atoms with van der Waals surface area (Å²) in [5, 5.41) is 4.80. The quantitative estimate of drug-likeness (QED) is 0.677. The van der Waals surface area contributed by atoms with Crippen LogP contribution in [0.4, 0.5) is 0 Å². The van der Waals surface area contributed by atoms with Crippen LogP contribution >= 0.6 is 0 Å². The summed E-state index contributed by atoms with van der Waals surface area (Å²) in [6.45, 7) is 17.8. The second-order valence-corrected chi connectivity index (χ2v) is 7.21. The van der Waals surface area contributed by atoms with Gasteiger partial charge in [-0.25, -0.2) is 0 Å². The van der Waals surface area contributed by atoms with E-state index in [0.29, 0.717) is 17.9 Å². The van der Waals surface area contributed by atoms with Crippen LogP contribution in [0.1, 0.15) is 81.9 Å². The standard InChI is InChI=1S/C20H30N2/c1-12(2)17-10-9-11-18(13(3)4)20(17)19-15(7)21-22(14(5)6)16(19)8/h9-14H,1-8H3. The lowest BCUT2D eigenvalue weighted by Gasteiger charge is -2.20. The summed E-state index contributed by atoms with van der Waals surface area (Å²) in [6.07, 6.45) is 0. The van der Waals surface area contributed by atoms with Gasteiger partial charge in [0.25, 0.3) is 0 Å². The van der Waals surface area contributed by atoms with Gasteiger partial charge in [-0.2, -0.15) is 5.10 Å². The van der Waals surface area contributed by atoms with Gasteiger partial charge in [-0.1, -0.05) is 45.9 Å². The molecule has 2 rings (SSSR count). The molecule has 0 spiro atoms. The van der Waals surface area contributed by atoms with Crippen LogP contribution in [0.3, 0.4) is 0 Å². The second kappa shape index (κ2) is 6.28. The molecule has 0 aliphatic heterocycles. The molecule has 22 heavy (non-hydrogen) atoms. The summed E-state index contributed by atoms with van der Waals surface area (Å²) in [7, 11) is 0. The lowest BCUT2D eigenvalue weighted by atomic mass is 9.84. The van der Waals surface area contributed by atoms with Crippen molar-refractivity contribution < 1.29 is 0 Å². The van der Waals surface area contributed by atoms with E-state index in [1.807, 2.05) is 0 Å². The van der Waals surface area contributed by atoms with E-state index in [2.05, 4.69) is 78.3 Å². The maximum atomic E-state index is 4.80. The molecule has 0 radical (unpaired) electrons. The molecule has 0 saturated heterocycles. The van der Waals surface area contributed by atoms with Gasteiger partial charge in [-0.05, 0) is 56.2 Å². The Labute approximate surface area is 135 Å². The number of hydrogen-bond acceptors (Lipinski definition) is 1. The summed E-state index contributed by atoms with van der Waals surface area (Å²) in [5.74, 6) is 1.02. The van der Waals surface area contributed by atoms with Crippen LogP contribution in [0.5, 0.6) is 0 Å². The van der Waals surface area contributed by atoms with Crippen molar-refractivity contribution in [3.05, 3.63) is 40.7 Å². The van der Waals surface area contributed by atoms with Crippen molar-refractivity contribution in [1.29, 1.82) is 0 Å². The highest BCUT2D eigenvalue weighted by Gasteiger charge is 2.22. The molecule has 1 aromatic carbocycles. The van der Waals surface area contributed by atoms with E-state index in [9.17, 15) is 0 Å². The van der Waals surface area contributed by atoms with Gasteiger partial charge in [0.2, 0.25) is 0 Å². The van der Waals surface area contributed by atoms with Gasteiger partial charge < -0.3 is 0 Å². The van der Waals surface area contributed by atoms with Crippen LogP contribution in [0.25, 0.3) is 11.1 Å². The van der Waals surface area contributed by atoms with E-state index >= 15 is 0 Å². The third kappa shape index (κ3) is 2.84. The molecule has 0 atom stereocenters. The Morgan fingerprint density at radius 2 is 1.32 bits per heavy atom. The maximum Gasteiger partial charge on any atom is 0.0675 e. The Bertz CT molecular complexity index is 634. The molecule has 0 saturated carbocycles. The van der Waals surface area contributed by atoms with Crippen LogP contribution in [0, 0.1) is 13.8 Å². The van der Waals surface area contributed by atoms with Crippen LogP contribution in [0.2, 0.25) is 0 Å². The van der Waals surface area contributed by atoms with Crippen molar-refractivity contribution in [2.75, 3.05) is 0 Å². The molecule has 1 aromatic heterocycles. The van der Waals surface area contributed by atoms with Gasteiger partial charge in [0.15, 0.2) is 0 Å². The highest BCUT2D eigenvalue weighted by Crippen LogP contribution is 2.39. The van der Waals surface area contributed by atoms with E-state index in [1.54, 1.807) is 0 Å². The molecule has 0 aliphatic rings. The molecule has 1 heterocycles. The monoisotopic (exact) mass is 298 g/mol. The first kappa shape index (κ1) is 16.8. The fourth-order valence-corrected chi connectivity index (χ4v) is 3.37. The maximum absolute atomic E-state index is 4.80. The molecule has 0 fully saturated rings. The molecular formula is C20H30N2. The molecule has 2 heteroatoms. The zero-order valence-electron chi connectivity index (χ0n) is 15.4. The first-order chi connectivity index (χ1) is 10.3. The van der Waals surface area contributed by atoms with Crippen LogP contribution in [-0.2, 0) is 0 Å². The van der Waals surface area contributed by atoms with Gasteiger partial charge in [0.1, 0.15) is 0 Å². The molecule has 120 valence electrons. The molecule has 0 unspecified atom stereocenters. The largest absolute Gasteiger partial charge is 0.266 e. The van der Waals surface area contributed by atoms with Gasteiger partial charge in [-0.15, -0.1) is 0 Å². The molecule has 0 bridgehead atoms. The third-order valence-electron chi connectivity index (χ3n) is 4.44. The molecule has 0 amide bonds. The minimum Gasteiger partial charge on any atom is -0.266 e. The lowest BCUT2D eigenvalue weighted by Crippen LogP contribution is -2.05. The van der Waals surface area contributed by atoms with Crippen molar-refractivity contribution in [2.45, 2.75) is 73.3 Å². The molecule has 0 aliphatic carbocycles. The van der Waals surface area contributed by atoms with Crippen LogP contribution in [-0.4, -0.2) is 9.78 Å². The van der Waals surface area contributed by atoms with Gasteiger partial charge in [-0.3, -0.25) is 4.68 Å². The number of hydrogen-bond donors (Lipinski definition) is 0. The zero-order chi connectivity index (χ0) is 16.6. The van der Waals surface area contributed by atoms with Crippen molar-refractivity contribution in [3.63, 3.8) is 0 Å². The van der Waals surface area contributed by atoms with Crippen molar-refractivity contribution in [3.8, 4) is 11.1 Å². The van der Waals surface area contributed by atoms with E-state index in [0.717, 1.165) is 5.69 Å². The molecule has 0 N–H and O–H groups in total. The van der Waals surface area contributed by atoms with Crippen LogP contribution < -0.4 is 0 Å². The predicted octanol–water partition coefficient (Wildman–Crippen LogP) is 5.99. The van der Waals surface area contributed by atoms with Crippen molar-refractivity contribution >= 4 is 0 Å². The van der Waals surface area contributed by atoms with Gasteiger partial charge >= 0.3 is 0 Å². The minimum absolute atomic E-state index is 0.390. The summed E-state index contributed by atoms with van der Waals surface area (Å²) in [6, 6.07) is 7.14. The van der Waals surface area contributed by atoms with E-state index < -0.39 is 0 Å². The fraction of sp³-hybridized carbons (Fsp3) is 0.550. The fourth-order valence-electron chi connectivity index (χ4n) is 3.37. The second-order valence-electron chi connectivity index (χ2n) is 7.21. The topological polar surface area (TPSA) is 17.8 Å². The number of aryl methyl sites for hydroxylation is 1. The Morgan fingerprint density at radius 3 is 1.68 bits per heavy atom. The average Bonchev–Trinajstić information content (AvgIpc) is 2.73. The van der Waals surface area contributed by atoms with Crippen molar-refractivity contribution in [1.82, 2.24) is 9.78 Å². The Kier molecular flexibility index (Phi) is 4.79. The highest BCUT2D eigenvalue weighted by atomic mass is 15.3. The van der Waals surface area contributed by atoms with Gasteiger partial charge in [0.05, 0.1) is 5.69 Å². The van der Waals surface area contributed by atoms with E-state index in [1.165, 1.54) is 27.9 Å². The smallest absolute Gasteiger partial charge is 0.0675 e. The minimum atomic E-state index is 0.390. The predicted molar refractivity (Wildman–Crippen MR) is 95.7 cm³/mol. The molecule has 2 aromatic rings. The SMILES string of the molecule is Cc1nn(C(C)C)c(C)c1-c1c(C(C)C)cccc1C(C)C. The normalized spacial score (nSPS) is 12.0. The van der Waals surface area contributed by atoms with Crippen molar-refractivity contribution in [2.24, 2.45) is 0 Å². The average molecular weight is 298 g/mol. The summed E-state index contributed by atoms with van der Waals surface area (Å²) >= 11 is 0. The van der Waals surface area contributed by atoms with Crippen LogP contribution in [0.15, 0.2) is 18.2 Å². The molecular weight excluding hydrogens is 268 g/mol. The number of nitrogens with zero attached hydrogens (tertiary/aromatic N) is 2. The summed E-state index contributed by atoms with van der Waals surface area (Å²) < 4.78 is 2.16. The van der Waals surface area contributed by atoms with E-state index in [4.69, 9.17) is 5.10 Å². The summed E-state index contributed by atoms with van der Waals surface area (Å²) in [4.78, 5) is 0. The number of rotatable bonds is 4. The number of benzene rings is 1. The Morgan fingerprint density at radius 1 is 0.818 bits per heavy atom. The summed E-state index contributed by atoms with van der Waals surface area (Å²) in [5.41, 5.74) is 8.03. The lowest BCUT2D eigenvalue weighted by molar-refractivity contribution is 0.516. The zero-order valence-corrected chi connectivity index (χ0v) is 15.4. The Balaban J connectivity index is 2.82. The van der Waals surface area contributed by atoms with Gasteiger partial charge in [0, 0.05) is 17.3 Å². The van der Waals surface area contributed by atoms with E-state index in [-0.39, 0.29) is 0 Å². The highest BCUT2D eigenvalue weighted by molar-refractivity contribution is 5.76. The number of aromatic nitrogens is 2. The Hall–Kier alpha value is -1.57. The first-order valence-corrected chi connectivity index (χ1v) is 8.44. The third-order valence-corrected chi connectivity index (χ3v) is 4.44. The molecule has 2 nitrogen and oxygen atoms in total.